The molecule has 1 N–H and O–H groups in total. The van der Waals surface area contributed by atoms with Crippen molar-refractivity contribution in [3.63, 3.8) is 0 Å². The van der Waals surface area contributed by atoms with Crippen LogP contribution in [0, 0.1) is 5.82 Å². The summed E-state index contributed by atoms with van der Waals surface area (Å²) in [5.41, 5.74) is 1.99. The van der Waals surface area contributed by atoms with Gasteiger partial charge in [0.15, 0.2) is 0 Å². The summed E-state index contributed by atoms with van der Waals surface area (Å²) in [6, 6.07) is 23.0. The molecule has 4 rings (SSSR count). The van der Waals surface area contributed by atoms with Crippen LogP contribution in [0.5, 0.6) is 0 Å². The number of sulfonamides is 1. The van der Waals surface area contributed by atoms with Gasteiger partial charge in [0.25, 0.3) is 0 Å². The maximum atomic E-state index is 13.5. The molecule has 3 aromatic rings. The number of carbonyl (C=O) groups is 1. The maximum absolute atomic E-state index is 13.5. The van der Waals surface area contributed by atoms with Crippen molar-refractivity contribution in [2.24, 2.45) is 0 Å². The highest BCUT2D eigenvalue weighted by atomic mass is 32.2. The monoisotopic (exact) mass is 507 g/mol. The normalized spacial score (nSPS) is 15.8. The average molecular weight is 508 g/mol. The Morgan fingerprint density at radius 1 is 0.889 bits per heavy atom. The number of nitrogens with one attached hydrogen (secondary N) is 1. The van der Waals surface area contributed by atoms with Gasteiger partial charge in [-0.15, -0.1) is 0 Å². The van der Waals surface area contributed by atoms with Gasteiger partial charge in [-0.25, -0.2) is 12.8 Å². The van der Waals surface area contributed by atoms with Crippen LogP contribution >= 0.6 is 0 Å². The molecule has 188 valence electrons. The number of halogens is 1. The largest absolute Gasteiger partial charge is 0.339 e. The molecule has 1 atom stereocenters. The molecule has 3 aromatic carbocycles. The summed E-state index contributed by atoms with van der Waals surface area (Å²) in [4.78, 5) is 17.4. The van der Waals surface area contributed by atoms with E-state index < -0.39 is 21.9 Å². The van der Waals surface area contributed by atoms with Crippen molar-refractivity contribution in [1.29, 1.82) is 0 Å². The third-order valence-corrected chi connectivity index (χ3v) is 7.65. The van der Waals surface area contributed by atoms with Crippen LogP contribution in [0.3, 0.4) is 0 Å². The summed E-state index contributed by atoms with van der Waals surface area (Å²) in [5, 5.41) is 0. The van der Waals surface area contributed by atoms with E-state index in [2.05, 4.69) is 21.8 Å². The fourth-order valence-electron chi connectivity index (χ4n) is 4.17. The van der Waals surface area contributed by atoms with E-state index in [1.165, 1.54) is 12.1 Å². The van der Waals surface area contributed by atoms with E-state index in [9.17, 15) is 17.6 Å². The Balaban J connectivity index is 1.41. The van der Waals surface area contributed by atoms with Gasteiger partial charge in [0.05, 0.1) is 4.90 Å². The lowest BCUT2D eigenvalue weighted by atomic mass is 10.1. The van der Waals surface area contributed by atoms with Crippen LogP contribution in [0.15, 0.2) is 95.9 Å². The quantitative estimate of drug-likeness (QED) is 0.481. The predicted molar refractivity (Wildman–Crippen MR) is 139 cm³/mol. The van der Waals surface area contributed by atoms with Crippen LogP contribution < -0.4 is 4.72 Å². The van der Waals surface area contributed by atoms with E-state index >= 15 is 0 Å². The van der Waals surface area contributed by atoms with Crippen molar-refractivity contribution >= 4 is 22.0 Å². The Hall–Kier alpha value is -3.33. The van der Waals surface area contributed by atoms with E-state index in [0.29, 0.717) is 26.2 Å². The van der Waals surface area contributed by atoms with Crippen LogP contribution in [-0.4, -0.2) is 62.9 Å². The smallest absolute Gasteiger partial charge is 0.241 e. The molecule has 36 heavy (non-hydrogen) atoms. The minimum atomic E-state index is -4.01. The van der Waals surface area contributed by atoms with Crippen molar-refractivity contribution in [2.75, 3.05) is 32.7 Å². The molecule has 0 radical (unpaired) electrons. The van der Waals surface area contributed by atoms with E-state index in [1.54, 1.807) is 4.90 Å². The molecule has 1 amide bonds. The second kappa shape index (κ2) is 12.1. The topological polar surface area (TPSA) is 69.7 Å². The summed E-state index contributed by atoms with van der Waals surface area (Å²) in [6.07, 6.45) is 4.42. The summed E-state index contributed by atoms with van der Waals surface area (Å²) in [6.45, 7) is 3.21. The van der Waals surface area contributed by atoms with Crippen LogP contribution in [0.25, 0.3) is 6.08 Å². The molecule has 0 spiro atoms. The molecule has 0 saturated carbocycles. The second-order valence-electron chi connectivity index (χ2n) is 8.76. The first-order valence-corrected chi connectivity index (χ1v) is 13.4. The fraction of sp³-hybridized carbons (Fsp3) is 0.250. The summed E-state index contributed by atoms with van der Waals surface area (Å²) < 4.78 is 41.9. The molecule has 1 aliphatic rings. The van der Waals surface area contributed by atoms with Crippen molar-refractivity contribution in [3.8, 4) is 0 Å². The fourth-order valence-corrected chi connectivity index (χ4v) is 5.36. The first-order valence-electron chi connectivity index (χ1n) is 12.0. The molecule has 0 aliphatic carbocycles. The number of carbonyl (C=O) groups excluding carboxylic acids is 1. The Labute approximate surface area is 212 Å². The highest BCUT2D eigenvalue weighted by Crippen LogP contribution is 2.15. The highest BCUT2D eigenvalue weighted by Gasteiger charge is 2.31. The standard InChI is InChI=1S/C28H30FN3O3S/c29-25-13-15-26(16-14-25)36(34,35)30-27(22-24-10-5-2-6-11-24)28(33)32-20-18-31(19-21-32)17-7-12-23-8-3-1-4-9-23/h1-16,27,30H,17-22H2/b12-7+. The first-order chi connectivity index (χ1) is 17.4. The zero-order chi connectivity index (χ0) is 25.4. The van der Waals surface area contributed by atoms with E-state index in [4.69, 9.17) is 0 Å². The third-order valence-electron chi connectivity index (χ3n) is 6.16. The van der Waals surface area contributed by atoms with Gasteiger partial charge in [-0.2, -0.15) is 4.72 Å². The average Bonchev–Trinajstić information content (AvgIpc) is 2.90. The van der Waals surface area contributed by atoms with Gasteiger partial charge in [0.2, 0.25) is 15.9 Å². The SMILES string of the molecule is O=C(C(Cc1ccccc1)NS(=O)(=O)c1ccc(F)cc1)N1CCN(C/C=C/c2ccccc2)CC1. The molecule has 1 unspecified atom stereocenters. The molecule has 1 saturated heterocycles. The summed E-state index contributed by atoms with van der Waals surface area (Å²) in [5.74, 6) is -0.786. The Morgan fingerprint density at radius 3 is 2.14 bits per heavy atom. The number of hydrogen-bond acceptors (Lipinski definition) is 4. The minimum absolute atomic E-state index is 0.0789. The molecule has 6 nitrogen and oxygen atoms in total. The molecule has 1 fully saturated rings. The van der Waals surface area contributed by atoms with Gasteiger partial charge in [-0.05, 0) is 41.8 Å². The third kappa shape index (κ3) is 7.10. The van der Waals surface area contributed by atoms with Gasteiger partial charge in [0, 0.05) is 32.7 Å². The van der Waals surface area contributed by atoms with Crippen molar-refractivity contribution in [3.05, 3.63) is 108 Å². The lowest BCUT2D eigenvalue weighted by Gasteiger charge is -2.36. The number of benzene rings is 3. The number of piperazine rings is 1. The Bertz CT molecular complexity index is 1260. The summed E-state index contributed by atoms with van der Waals surface area (Å²) >= 11 is 0. The Morgan fingerprint density at radius 2 is 1.50 bits per heavy atom. The lowest BCUT2D eigenvalue weighted by Crippen LogP contribution is -2.55. The zero-order valence-corrected chi connectivity index (χ0v) is 20.8. The van der Waals surface area contributed by atoms with E-state index in [-0.39, 0.29) is 17.2 Å². The van der Waals surface area contributed by atoms with Gasteiger partial charge < -0.3 is 4.90 Å². The maximum Gasteiger partial charge on any atom is 0.241 e. The number of hydrogen-bond donors (Lipinski definition) is 1. The van der Waals surface area contributed by atoms with E-state index in [0.717, 1.165) is 29.8 Å². The van der Waals surface area contributed by atoms with Crippen LogP contribution in [0.1, 0.15) is 11.1 Å². The number of rotatable bonds is 9. The first kappa shape index (κ1) is 25.8. The van der Waals surface area contributed by atoms with Gasteiger partial charge in [-0.3, -0.25) is 9.69 Å². The minimum Gasteiger partial charge on any atom is -0.339 e. The highest BCUT2D eigenvalue weighted by molar-refractivity contribution is 7.89. The van der Waals surface area contributed by atoms with Crippen LogP contribution in [0.4, 0.5) is 4.39 Å². The lowest BCUT2D eigenvalue weighted by molar-refractivity contribution is -0.134. The molecule has 1 heterocycles. The van der Waals surface area contributed by atoms with E-state index in [1.807, 2.05) is 60.7 Å². The van der Waals surface area contributed by atoms with Crippen LogP contribution in [-0.2, 0) is 21.2 Å². The van der Waals surface area contributed by atoms with Gasteiger partial charge in [0.1, 0.15) is 11.9 Å². The van der Waals surface area contributed by atoms with Gasteiger partial charge >= 0.3 is 0 Å². The molecular weight excluding hydrogens is 477 g/mol. The summed E-state index contributed by atoms with van der Waals surface area (Å²) in [7, 11) is -4.01. The molecule has 8 heteroatoms. The molecule has 0 aromatic heterocycles. The van der Waals surface area contributed by atoms with Crippen LogP contribution in [0.2, 0.25) is 0 Å². The number of amides is 1. The number of nitrogens with zero attached hydrogens (tertiary/aromatic N) is 2. The zero-order valence-electron chi connectivity index (χ0n) is 20.0. The predicted octanol–water partition coefficient (Wildman–Crippen LogP) is 3.57. The molecule has 1 aliphatic heterocycles. The Kier molecular flexibility index (Phi) is 8.64. The molecule has 0 bridgehead atoms. The van der Waals surface area contributed by atoms with Crippen molar-refractivity contribution in [1.82, 2.24) is 14.5 Å². The second-order valence-corrected chi connectivity index (χ2v) is 10.5. The van der Waals surface area contributed by atoms with Crippen molar-refractivity contribution < 1.29 is 17.6 Å². The molecular formula is C28H30FN3O3S. The van der Waals surface area contributed by atoms with Crippen molar-refractivity contribution in [2.45, 2.75) is 17.4 Å². The van der Waals surface area contributed by atoms with Gasteiger partial charge in [-0.1, -0.05) is 72.8 Å².